The molecular formula is C25H21BrN2O3S. The average molecular weight is 509 g/mol. The van der Waals surface area contributed by atoms with Gasteiger partial charge in [-0.25, -0.2) is 4.99 Å². The third kappa shape index (κ3) is 4.74. The maximum absolute atomic E-state index is 13.4. The van der Waals surface area contributed by atoms with Crippen LogP contribution in [-0.4, -0.2) is 24.8 Å². The number of para-hydroxylation sites is 2. The Morgan fingerprint density at radius 2 is 1.75 bits per heavy atom. The molecule has 1 aliphatic rings. The highest BCUT2D eigenvalue weighted by molar-refractivity contribution is 9.10. The molecule has 7 heteroatoms. The number of amides is 1. The molecule has 0 unspecified atom stereocenters. The van der Waals surface area contributed by atoms with E-state index in [1.165, 1.54) is 11.8 Å². The van der Waals surface area contributed by atoms with E-state index in [1.807, 2.05) is 85.8 Å². The smallest absolute Gasteiger partial charge is 0.271 e. The van der Waals surface area contributed by atoms with Crippen LogP contribution < -0.4 is 14.4 Å². The lowest BCUT2D eigenvalue weighted by Gasteiger charge is -2.15. The van der Waals surface area contributed by atoms with Gasteiger partial charge < -0.3 is 9.47 Å². The van der Waals surface area contributed by atoms with Crippen LogP contribution in [-0.2, 0) is 4.79 Å². The molecule has 0 bridgehead atoms. The number of rotatable bonds is 6. The van der Waals surface area contributed by atoms with E-state index in [4.69, 9.17) is 14.5 Å². The first-order valence-corrected chi connectivity index (χ1v) is 11.6. The number of carbonyl (C=O) groups is 1. The Balaban J connectivity index is 1.77. The largest absolute Gasteiger partial charge is 0.492 e. The fraction of sp³-hybridized carbons (Fsp3) is 0.120. The number of thioether (sulfide) groups is 1. The molecule has 0 aromatic heterocycles. The number of amidine groups is 1. The van der Waals surface area contributed by atoms with Gasteiger partial charge in [-0.05, 0) is 82.7 Å². The number of anilines is 1. The van der Waals surface area contributed by atoms with Gasteiger partial charge in [-0.15, -0.1) is 0 Å². The molecule has 5 nitrogen and oxygen atoms in total. The highest BCUT2D eigenvalue weighted by Crippen LogP contribution is 2.40. The molecule has 32 heavy (non-hydrogen) atoms. The molecule has 0 saturated carbocycles. The van der Waals surface area contributed by atoms with E-state index in [2.05, 4.69) is 15.9 Å². The Bertz CT molecular complexity index is 1180. The van der Waals surface area contributed by atoms with Crippen molar-refractivity contribution >= 4 is 56.2 Å². The molecule has 0 aliphatic carbocycles. The molecule has 0 radical (unpaired) electrons. The number of nitrogens with zero attached hydrogens (tertiary/aromatic N) is 2. The maximum Gasteiger partial charge on any atom is 0.271 e. The van der Waals surface area contributed by atoms with Crippen molar-refractivity contribution in [2.45, 2.75) is 6.92 Å². The number of aliphatic imine (C=N–C) groups is 1. The van der Waals surface area contributed by atoms with Crippen molar-refractivity contribution in [3.8, 4) is 11.5 Å². The third-order valence-corrected chi connectivity index (χ3v) is 6.19. The zero-order valence-corrected chi connectivity index (χ0v) is 20.0. The normalized spacial score (nSPS) is 16.1. The van der Waals surface area contributed by atoms with Gasteiger partial charge in [-0.2, -0.15) is 0 Å². The standard InChI is InChI=1S/C25H21BrN2O3S/c1-3-31-21-15-17(14-20(26)23(21)30-2)16-22-24(29)28(19-12-8-5-9-13-19)25(32-22)27-18-10-6-4-7-11-18/h4-16H,3H2,1-2H3. The summed E-state index contributed by atoms with van der Waals surface area (Å²) in [6.07, 6.45) is 1.85. The van der Waals surface area contributed by atoms with E-state index >= 15 is 0 Å². The molecule has 1 amide bonds. The van der Waals surface area contributed by atoms with E-state index in [0.717, 1.165) is 21.4 Å². The first-order chi connectivity index (χ1) is 15.6. The van der Waals surface area contributed by atoms with Gasteiger partial charge in [0.25, 0.3) is 5.91 Å². The van der Waals surface area contributed by atoms with Crippen LogP contribution in [0.5, 0.6) is 11.5 Å². The molecule has 0 N–H and O–H groups in total. The van der Waals surface area contributed by atoms with Crippen LogP contribution in [0, 0.1) is 0 Å². The minimum Gasteiger partial charge on any atom is -0.492 e. The molecule has 1 aliphatic heterocycles. The van der Waals surface area contributed by atoms with Crippen molar-refractivity contribution in [1.29, 1.82) is 0 Å². The number of hydrogen-bond acceptors (Lipinski definition) is 5. The quantitative estimate of drug-likeness (QED) is 0.349. The number of carbonyl (C=O) groups excluding carboxylic acids is 1. The van der Waals surface area contributed by atoms with E-state index in [1.54, 1.807) is 12.0 Å². The highest BCUT2D eigenvalue weighted by atomic mass is 79.9. The summed E-state index contributed by atoms with van der Waals surface area (Å²) in [4.78, 5) is 20.4. The number of ether oxygens (including phenoxy) is 2. The molecule has 162 valence electrons. The Hall–Kier alpha value is -3.03. The maximum atomic E-state index is 13.4. The van der Waals surface area contributed by atoms with Crippen LogP contribution >= 0.6 is 27.7 Å². The Morgan fingerprint density at radius 3 is 2.41 bits per heavy atom. The van der Waals surface area contributed by atoms with E-state index in [-0.39, 0.29) is 5.91 Å². The van der Waals surface area contributed by atoms with Crippen LogP contribution in [0.25, 0.3) is 6.08 Å². The summed E-state index contributed by atoms with van der Waals surface area (Å²) in [5.74, 6) is 1.11. The van der Waals surface area contributed by atoms with Gasteiger partial charge in [0.05, 0.1) is 34.5 Å². The predicted octanol–water partition coefficient (Wildman–Crippen LogP) is 6.67. The predicted molar refractivity (Wildman–Crippen MR) is 135 cm³/mol. The van der Waals surface area contributed by atoms with Crippen molar-refractivity contribution in [1.82, 2.24) is 0 Å². The van der Waals surface area contributed by atoms with E-state index in [0.29, 0.717) is 28.2 Å². The topological polar surface area (TPSA) is 51.1 Å². The molecular weight excluding hydrogens is 488 g/mol. The zero-order valence-electron chi connectivity index (χ0n) is 17.6. The molecule has 0 spiro atoms. The second-order valence-electron chi connectivity index (χ2n) is 6.78. The van der Waals surface area contributed by atoms with Crippen LogP contribution in [0.3, 0.4) is 0 Å². The molecule has 1 fully saturated rings. The van der Waals surface area contributed by atoms with Gasteiger partial charge in [-0.3, -0.25) is 9.69 Å². The first kappa shape index (κ1) is 22.2. The summed E-state index contributed by atoms with van der Waals surface area (Å²) in [6, 6.07) is 22.9. The van der Waals surface area contributed by atoms with Crippen LogP contribution in [0.1, 0.15) is 12.5 Å². The van der Waals surface area contributed by atoms with Gasteiger partial charge in [-0.1, -0.05) is 36.4 Å². The summed E-state index contributed by atoms with van der Waals surface area (Å²) < 4.78 is 11.9. The molecule has 3 aromatic rings. The van der Waals surface area contributed by atoms with Crippen molar-refractivity contribution in [2.75, 3.05) is 18.6 Å². The number of halogens is 1. The molecule has 1 saturated heterocycles. The minimum atomic E-state index is -0.124. The Labute approximate surface area is 199 Å². The fourth-order valence-corrected chi connectivity index (χ4v) is 4.87. The van der Waals surface area contributed by atoms with E-state index in [9.17, 15) is 4.79 Å². The first-order valence-electron chi connectivity index (χ1n) is 10.0. The Kier molecular flexibility index (Phi) is 6.97. The third-order valence-electron chi connectivity index (χ3n) is 4.64. The number of hydrogen-bond donors (Lipinski definition) is 0. The Morgan fingerprint density at radius 1 is 1.06 bits per heavy atom. The van der Waals surface area contributed by atoms with Gasteiger partial charge in [0.15, 0.2) is 16.7 Å². The number of benzene rings is 3. The summed E-state index contributed by atoms with van der Waals surface area (Å²) in [5.41, 5.74) is 2.38. The average Bonchev–Trinajstić information content (AvgIpc) is 3.09. The van der Waals surface area contributed by atoms with Gasteiger partial charge in [0.1, 0.15) is 0 Å². The molecule has 4 rings (SSSR count). The van der Waals surface area contributed by atoms with Gasteiger partial charge in [0, 0.05) is 0 Å². The molecule has 3 aromatic carbocycles. The second kappa shape index (κ2) is 10.1. The van der Waals surface area contributed by atoms with Crippen LogP contribution in [0.15, 0.2) is 87.2 Å². The lowest BCUT2D eigenvalue weighted by molar-refractivity contribution is -0.113. The second-order valence-corrected chi connectivity index (χ2v) is 8.65. The van der Waals surface area contributed by atoms with Crippen molar-refractivity contribution < 1.29 is 14.3 Å². The van der Waals surface area contributed by atoms with Crippen molar-refractivity contribution in [3.63, 3.8) is 0 Å². The van der Waals surface area contributed by atoms with E-state index < -0.39 is 0 Å². The van der Waals surface area contributed by atoms with Crippen LogP contribution in [0.4, 0.5) is 11.4 Å². The summed E-state index contributed by atoms with van der Waals surface area (Å²) in [7, 11) is 1.60. The molecule has 0 atom stereocenters. The fourth-order valence-electron chi connectivity index (χ4n) is 3.25. The monoisotopic (exact) mass is 508 g/mol. The van der Waals surface area contributed by atoms with Crippen molar-refractivity contribution in [3.05, 3.63) is 87.7 Å². The number of methoxy groups -OCH3 is 1. The van der Waals surface area contributed by atoms with Crippen molar-refractivity contribution in [2.24, 2.45) is 4.99 Å². The lowest BCUT2D eigenvalue weighted by Crippen LogP contribution is -2.28. The SMILES string of the molecule is CCOc1cc(C=C2SC(=Nc3ccccc3)N(c3ccccc3)C2=O)cc(Br)c1OC. The summed E-state index contributed by atoms with van der Waals surface area (Å²) in [5, 5.41) is 0.608. The minimum absolute atomic E-state index is 0.124. The highest BCUT2D eigenvalue weighted by Gasteiger charge is 2.34. The lowest BCUT2D eigenvalue weighted by atomic mass is 10.1. The zero-order chi connectivity index (χ0) is 22.5. The van der Waals surface area contributed by atoms with Gasteiger partial charge >= 0.3 is 0 Å². The summed E-state index contributed by atoms with van der Waals surface area (Å²) >= 11 is 4.88. The van der Waals surface area contributed by atoms with Gasteiger partial charge in [0.2, 0.25) is 0 Å². The molecule has 1 heterocycles. The van der Waals surface area contributed by atoms with Crippen LogP contribution in [0.2, 0.25) is 0 Å². The summed E-state index contributed by atoms with van der Waals surface area (Å²) in [6.45, 7) is 2.42.